The van der Waals surface area contributed by atoms with Gasteiger partial charge < -0.3 is 0 Å². The molecule has 0 heterocycles. The van der Waals surface area contributed by atoms with Crippen LogP contribution in [0.5, 0.6) is 0 Å². The van der Waals surface area contributed by atoms with E-state index in [4.69, 9.17) is 11.6 Å². The van der Waals surface area contributed by atoms with Crippen LogP contribution >= 0.6 is 39.9 Å². The van der Waals surface area contributed by atoms with Crippen molar-refractivity contribution in [2.24, 2.45) is 5.41 Å². The number of hydrogen-bond acceptors (Lipinski definition) is 0. The number of rotatable bonds is 0. The van der Waals surface area contributed by atoms with E-state index >= 15 is 0 Å². The van der Waals surface area contributed by atoms with Gasteiger partial charge in [0.2, 0.25) is 0 Å². The molecule has 2 atom stereocenters. The zero-order chi connectivity index (χ0) is 11.3. The molecule has 3 rings (SSSR count). The summed E-state index contributed by atoms with van der Waals surface area (Å²) in [7, 11) is 0. The van der Waals surface area contributed by atoms with Crippen LogP contribution in [0.2, 0.25) is 5.02 Å². The van der Waals surface area contributed by atoms with Crippen molar-refractivity contribution in [1.29, 1.82) is 0 Å². The fourth-order valence-corrected chi connectivity index (χ4v) is 4.30. The number of hydrogen-bond donors (Lipinski definition) is 0. The van der Waals surface area contributed by atoms with Gasteiger partial charge in [0.05, 0.1) is 5.02 Å². The van der Waals surface area contributed by atoms with Crippen molar-refractivity contribution in [2.75, 3.05) is 0 Å². The van der Waals surface area contributed by atoms with Crippen LogP contribution in [-0.4, -0.2) is 0 Å². The SMILES string of the molecule is C[C@]12CCC[C@H]1c1ccc(Br)c(Cl)c1CC2.Cl. The lowest BCUT2D eigenvalue weighted by molar-refractivity contribution is 0.252. The zero-order valence-corrected chi connectivity index (χ0v) is 13.1. The molecule has 0 aliphatic heterocycles. The Bertz CT molecular complexity index is 444. The van der Waals surface area contributed by atoms with Crippen LogP contribution < -0.4 is 0 Å². The van der Waals surface area contributed by atoms with Crippen molar-refractivity contribution < 1.29 is 0 Å². The van der Waals surface area contributed by atoms with Crippen molar-refractivity contribution in [2.45, 2.75) is 44.9 Å². The highest BCUT2D eigenvalue weighted by atomic mass is 79.9. The van der Waals surface area contributed by atoms with E-state index < -0.39 is 0 Å². The number of halogens is 3. The average Bonchev–Trinajstić information content (AvgIpc) is 2.65. The molecule has 3 heteroatoms. The maximum Gasteiger partial charge on any atom is 0.0582 e. The summed E-state index contributed by atoms with van der Waals surface area (Å²) in [6.45, 7) is 2.46. The molecule has 17 heavy (non-hydrogen) atoms. The second-order valence-electron chi connectivity index (χ2n) is 5.53. The molecule has 1 saturated carbocycles. The maximum atomic E-state index is 6.40. The molecule has 1 aromatic rings. The van der Waals surface area contributed by atoms with Crippen LogP contribution in [0, 0.1) is 5.41 Å². The van der Waals surface area contributed by atoms with Crippen molar-refractivity contribution in [3.8, 4) is 0 Å². The van der Waals surface area contributed by atoms with Crippen LogP contribution in [-0.2, 0) is 6.42 Å². The third kappa shape index (κ3) is 2.05. The third-order valence-corrected chi connectivity index (χ3v) is 5.96. The largest absolute Gasteiger partial charge is 0.147 e. The first-order valence-electron chi connectivity index (χ1n) is 6.08. The molecular weight excluding hydrogens is 319 g/mol. The fraction of sp³-hybridized carbons (Fsp3) is 0.571. The van der Waals surface area contributed by atoms with Gasteiger partial charge in [0.25, 0.3) is 0 Å². The molecule has 0 amide bonds. The van der Waals surface area contributed by atoms with Crippen molar-refractivity contribution in [3.05, 3.63) is 32.8 Å². The number of fused-ring (bicyclic) bond motifs is 3. The molecule has 1 fully saturated rings. The van der Waals surface area contributed by atoms with E-state index in [2.05, 4.69) is 35.0 Å². The quantitative estimate of drug-likeness (QED) is 0.566. The van der Waals surface area contributed by atoms with Gasteiger partial charge in [-0.25, -0.2) is 0 Å². The Morgan fingerprint density at radius 2 is 2.12 bits per heavy atom. The summed E-state index contributed by atoms with van der Waals surface area (Å²) >= 11 is 9.93. The summed E-state index contributed by atoms with van der Waals surface area (Å²) in [6, 6.07) is 4.41. The van der Waals surface area contributed by atoms with Gasteiger partial charge in [-0.1, -0.05) is 31.0 Å². The topological polar surface area (TPSA) is 0 Å². The minimum atomic E-state index is 0. The van der Waals surface area contributed by atoms with E-state index in [9.17, 15) is 0 Å². The minimum absolute atomic E-state index is 0. The third-order valence-electron chi connectivity index (χ3n) is 4.64. The molecule has 0 radical (unpaired) electrons. The Morgan fingerprint density at radius 1 is 1.35 bits per heavy atom. The van der Waals surface area contributed by atoms with Gasteiger partial charge in [-0.2, -0.15) is 0 Å². The summed E-state index contributed by atoms with van der Waals surface area (Å²) in [5.41, 5.74) is 3.48. The first-order valence-corrected chi connectivity index (χ1v) is 7.26. The molecule has 0 N–H and O–H groups in total. The van der Waals surface area contributed by atoms with Gasteiger partial charge in [-0.05, 0) is 70.1 Å². The van der Waals surface area contributed by atoms with E-state index in [-0.39, 0.29) is 12.4 Å². The van der Waals surface area contributed by atoms with Crippen molar-refractivity contribution >= 4 is 39.9 Å². The molecule has 94 valence electrons. The van der Waals surface area contributed by atoms with Gasteiger partial charge in [0.15, 0.2) is 0 Å². The lowest BCUT2D eigenvalue weighted by atomic mass is 9.67. The average molecular weight is 336 g/mol. The minimum Gasteiger partial charge on any atom is -0.147 e. The van der Waals surface area contributed by atoms with E-state index in [0.717, 1.165) is 21.8 Å². The summed E-state index contributed by atoms with van der Waals surface area (Å²) in [6.07, 6.45) is 6.59. The first kappa shape index (κ1) is 13.7. The van der Waals surface area contributed by atoms with Crippen molar-refractivity contribution in [1.82, 2.24) is 0 Å². The Balaban J connectivity index is 0.00000108. The van der Waals surface area contributed by atoms with Crippen LogP contribution in [0.3, 0.4) is 0 Å². The standard InChI is InChI=1S/C14H16BrCl.ClH/c1-14-7-2-3-11(14)9-4-5-12(15)13(16)10(9)6-8-14;/h4-5,11H,2-3,6-8H2,1H3;1H/t11-,14+;/m0./s1. The summed E-state index contributed by atoms with van der Waals surface area (Å²) in [5.74, 6) is 0.752. The molecule has 2 aliphatic carbocycles. The normalized spacial score (nSPS) is 30.4. The second kappa shape index (κ2) is 4.75. The summed E-state index contributed by atoms with van der Waals surface area (Å²) < 4.78 is 1.05. The predicted octanol–water partition coefficient (Wildman–Crippen LogP) is 5.74. The van der Waals surface area contributed by atoms with Gasteiger partial charge in [-0.15, -0.1) is 12.4 Å². The van der Waals surface area contributed by atoms with E-state index in [0.29, 0.717) is 5.41 Å². The van der Waals surface area contributed by atoms with Crippen LogP contribution in [0.15, 0.2) is 16.6 Å². The van der Waals surface area contributed by atoms with Crippen LogP contribution in [0.4, 0.5) is 0 Å². The molecule has 1 aromatic carbocycles. The molecule has 0 nitrogen and oxygen atoms in total. The Kier molecular flexibility index (Phi) is 3.83. The molecule has 0 aromatic heterocycles. The Morgan fingerprint density at radius 3 is 2.88 bits per heavy atom. The van der Waals surface area contributed by atoms with Crippen molar-refractivity contribution in [3.63, 3.8) is 0 Å². The Labute approximate surface area is 123 Å². The lowest BCUT2D eigenvalue weighted by Gasteiger charge is -2.38. The Hall–Kier alpha value is 0.280. The highest BCUT2D eigenvalue weighted by Gasteiger charge is 2.43. The first-order chi connectivity index (χ1) is 7.62. The highest BCUT2D eigenvalue weighted by Crippen LogP contribution is 2.56. The predicted molar refractivity (Wildman–Crippen MR) is 79.4 cm³/mol. The molecule has 0 spiro atoms. The molecule has 0 bridgehead atoms. The lowest BCUT2D eigenvalue weighted by Crippen LogP contribution is -2.26. The van der Waals surface area contributed by atoms with E-state index in [1.165, 1.54) is 36.8 Å². The molecule has 2 aliphatic rings. The smallest absolute Gasteiger partial charge is 0.0582 e. The molecular formula is C14H17BrCl2. The van der Waals surface area contributed by atoms with E-state index in [1.807, 2.05) is 0 Å². The second-order valence-corrected chi connectivity index (χ2v) is 6.76. The number of benzene rings is 1. The van der Waals surface area contributed by atoms with E-state index in [1.54, 1.807) is 0 Å². The van der Waals surface area contributed by atoms with Gasteiger partial charge in [-0.3, -0.25) is 0 Å². The van der Waals surface area contributed by atoms with Crippen LogP contribution in [0.25, 0.3) is 0 Å². The van der Waals surface area contributed by atoms with Crippen LogP contribution in [0.1, 0.15) is 49.7 Å². The van der Waals surface area contributed by atoms with Gasteiger partial charge >= 0.3 is 0 Å². The summed E-state index contributed by atoms with van der Waals surface area (Å²) in [5, 5.41) is 0.950. The monoisotopic (exact) mass is 334 g/mol. The maximum absolute atomic E-state index is 6.40. The fourth-order valence-electron chi connectivity index (χ4n) is 3.66. The zero-order valence-electron chi connectivity index (χ0n) is 9.93. The van der Waals surface area contributed by atoms with Gasteiger partial charge in [0, 0.05) is 4.47 Å². The molecule has 0 saturated heterocycles. The highest BCUT2D eigenvalue weighted by molar-refractivity contribution is 9.10. The summed E-state index contributed by atoms with van der Waals surface area (Å²) in [4.78, 5) is 0. The molecule has 0 unspecified atom stereocenters. The van der Waals surface area contributed by atoms with Gasteiger partial charge in [0.1, 0.15) is 0 Å².